The molecular formula is C45H29N3. The van der Waals surface area contributed by atoms with Crippen LogP contribution in [0.3, 0.4) is 0 Å². The Hall–Kier alpha value is -6.45. The number of aromatic nitrogens is 3. The predicted octanol–water partition coefficient (Wildman–Crippen LogP) is 11.7. The molecule has 0 aliphatic rings. The first kappa shape index (κ1) is 23.0. The molecule has 0 fully saturated rings. The lowest BCUT2D eigenvalue weighted by Crippen LogP contribution is -2.00. The van der Waals surface area contributed by atoms with Crippen LogP contribution < -0.4 is 0 Å². The van der Waals surface area contributed by atoms with E-state index >= 15 is 0 Å². The molecule has 0 unspecified atom stereocenters. The van der Waals surface area contributed by atoms with E-state index in [1.54, 1.807) is 0 Å². The van der Waals surface area contributed by atoms with Crippen molar-refractivity contribution in [2.45, 2.75) is 0 Å². The van der Waals surface area contributed by atoms with Gasteiger partial charge in [-0.2, -0.15) is 0 Å². The highest BCUT2D eigenvalue weighted by atomic mass is 15.0. The normalized spacial score (nSPS) is 12.8. The molecule has 0 spiro atoms. The van der Waals surface area contributed by atoms with Gasteiger partial charge in [0, 0.05) is 16.7 Å². The van der Waals surface area contributed by atoms with Crippen LogP contribution in [0.15, 0.2) is 176 Å². The van der Waals surface area contributed by atoms with Gasteiger partial charge in [0.15, 0.2) is 17.5 Å². The van der Waals surface area contributed by atoms with Crippen molar-refractivity contribution in [2.24, 2.45) is 0 Å². The van der Waals surface area contributed by atoms with E-state index in [9.17, 15) is 0 Å². The van der Waals surface area contributed by atoms with Crippen LogP contribution in [-0.2, 0) is 0 Å². The topological polar surface area (TPSA) is 38.7 Å². The zero-order chi connectivity index (χ0) is 36.2. The summed E-state index contributed by atoms with van der Waals surface area (Å²) in [6, 6.07) is 47.2. The van der Waals surface area contributed by atoms with Crippen molar-refractivity contribution in [3.05, 3.63) is 176 Å². The van der Waals surface area contributed by atoms with Crippen LogP contribution in [0.4, 0.5) is 0 Å². The van der Waals surface area contributed by atoms with Crippen molar-refractivity contribution in [3.8, 4) is 56.4 Å². The fourth-order valence-corrected chi connectivity index (χ4v) is 6.48. The van der Waals surface area contributed by atoms with Crippen molar-refractivity contribution in [2.75, 3.05) is 0 Å². The van der Waals surface area contributed by atoms with Gasteiger partial charge in [-0.15, -0.1) is 0 Å². The summed E-state index contributed by atoms with van der Waals surface area (Å²) < 4.78 is 42.2. The summed E-state index contributed by atoms with van der Waals surface area (Å²) >= 11 is 0. The number of hydrogen-bond acceptors (Lipinski definition) is 3. The Morgan fingerprint density at radius 2 is 0.729 bits per heavy atom. The second-order valence-corrected chi connectivity index (χ2v) is 11.7. The molecule has 9 aromatic rings. The summed E-state index contributed by atoms with van der Waals surface area (Å²) in [4.78, 5) is 14.4. The molecule has 0 bridgehead atoms. The number of benzene rings is 8. The standard InChI is InChI=1S/C45H29N3/c1-3-12-30(13-4-1)31-22-24-33(25-23-31)44-46-43(32-14-5-2-6-15-32)47-45(48-44)36-17-11-16-34(28-36)35-26-27-41-39-20-8-7-18-37(39)38-19-9-10-21-40(38)42(41)29-35/h1-29H/i2D,5D,6D,14D,15D. The summed E-state index contributed by atoms with van der Waals surface area (Å²) in [5.41, 5.74) is 5.40. The van der Waals surface area contributed by atoms with E-state index in [0.29, 0.717) is 22.8 Å². The molecule has 0 atom stereocenters. The fraction of sp³-hybridized carbons (Fsp3) is 0. The quantitative estimate of drug-likeness (QED) is 0.181. The molecule has 3 heteroatoms. The number of rotatable bonds is 5. The molecule has 0 amide bonds. The van der Waals surface area contributed by atoms with Gasteiger partial charge in [0.25, 0.3) is 0 Å². The molecule has 0 aliphatic carbocycles. The highest BCUT2D eigenvalue weighted by Gasteiger charge is 2.14. The van der Waals surface area contributed by atoms with Gasteiger partial charge < -0.3 is 0 Å². The Bertz CT molecular complexity index is 2830. The van der Waals surface area contributed by atoms with Gasteiger partial charge in [-0.05, 0) is 66.7 Å². The molecule has 0 saturated carbocycles. The number of hydrogen-bond donors (Lipinski definition) is 0. The second kappa shape index (κ2) is 11.7. The molecule has 0 aliphatic heterocycles. The summed E-state index contributed by atoms with van der Waals surface area (Å²) in [5, 5.41) is 7.16. The molecular weight excluding hydrogens is 583 g/mol. The van der Waals surface area contributed by atoms with Gasteiger partial charge in [0.1, 0.15) is 0 Å². The molecule has 0 radical (unpaired) electrons. The van der Waals surface area contributed by atoms with E-state index in [1.807, 2.05) is 72.8 Å². The van der Waals surface area contributed by atoms with Gasteiger partial charge in [-0.3, -0.25) is 0 Å². The minimum Gasteiger partial charge on any atom is -0.208 e. The Morgan fingerprint density at radius 1 is 0.292 bits per heavy atom. The van der Waals surface area contributed by atoms with Crippen LogP contribution in [0.1, 0.15) is 6.85 Å². The Balaban J connectivity index is 1.21. The first-order valence-corrected chi connectivity index (χ1v) is 15.8. The van der Waals surface area contributed by atoms with Crippen LogP contribution in [0, 0.1) is 0 Å². The number of nitrogens with zero attached hydrogens (tertiary/aromatic N) is 3. The van der Waals surface area contributed by atoms with Gasteiger partial charge in [0.05, 0.1) is 6.85 Å². The third-order valence-corrected chi connectivity index (χ3v) is 8.81. The smallest absolute Gasteiger partial charge is 0.164 e. The summed E-state index contributed by atoms with van der Waals surface area (Å²) in [6.07, 6.45) is 0. The van der Waals surface area contributed by atoms with Crippen molar-refractivity contribution >= 4 is 32.3 Å². The maximum Gasteiger partial charge on any atom is 0.164 e. The number of fused-ring (bicyclic) bond motifs is 6. The monoisotopic (exact) mass is 616 g/mol. The van der Waals surface area contributed by atoms with Gasteiger partial charge in [-0.1, -0.05) is 164 Å². The van der Waals surface area contributed by atoms with Crippen molar-refractivity contribution in [1.29, 1.82) is 0 Å². The summed E-state index contributed by atoms with van der Waals surface area (Å²) in [7, 11) is 0. The van der Waals surface area contributed by atoms with Gasteiger partial charge in [-0.25, -0.2) is 15.0 Å². The van der Waals surface area contributed by atoms with Crippen molar-refractivity contribution in [1.82, 2.24) is 15.0 Å². The molecule has 48 heavy (non-hydrogen) atoms. The zero-order valence-corrected chi connectivity index (χ0v) is 25.7. The second-order valence-electron chi connectivity index (χ2n) is 11.7. The Labute approximate surface area is 285 Å². The maximum absolute atomic E-state index is 8.69. The largest absolute Gasteiger partial charge is 0.208 e. The first-order chi connectivity index (χ1) is 25.9. The molecule has 1 aromatic heterocycles. The van der Waals surface area contributed by atoms with E-state index in [0.717, 1.165) is 27.6 Å². The fourth-order valence-electron chi connectivity index (χ4n) is 6.48. The molecule has 9 rings (SSSR count). The summed E-state index contributed by atoms with van der Waals surface area (Å²) in [5.74, 6) is 0.650. The lowest BCUT2D eigenvalue weighted by molar-refractivity contribution is 1.07. The van der Waals surface area contributed by atoms with Crippen molar-refractivity contribution in [3.63, 3.8) is 0 Å². The third kappa shape index (κ3) is 4.99. The average Bonchev–Trinajstić information content (AvgIpc) is 3.22. The average molecular weight is 617 g/mol. The maximum atomic E-state index is 8.69. The van der Waals surface area contributed by atoms with E-state index in [-0.39, 0.29) is 23.5 Å². The SMILES string of the molecule is [2H]c1c([2H])c([2H])c(-c2nc(-c3ccc(-c4ccccc4)cc3)nc(-c3cccc(-c4ccc5c6ccccc6c6ccccc6c5c4)c3)n2)c([2H])c1[2H]. The predicted molar refractivity (Wildman–Crippen MR) is 200 cm³/mol. The first-order valence-electron chi connectivity index (χ1n) is 18.3. The summed E-state index contributed by atoms with van der Waals surface area (Å²) in [6.45, 7) is 0. The molecule has 3 nitrogen and oxygen atoms in total. The van der Waals surface area contributed by atoms with Crippen LogP contribution in [0.25, 0.3) is 88.7 Å². The molecule has 8 aromatic carbocycles. The lowest BCUT2D eigenvalue weighted by Gasteiger charge is -2.13. The molecule has 0 N–H and O–H groups in total. The van der Waals surface area contributed by atoms with Crippen LogP contribution >= 0.6 is 0 Å². The van der Waals surface area contributed by atoms with Gasteiger partial charge >= 0.3 is 0 Å². The Kier molecular flexibility index (Phi) is 5.61. The molecule has 224 valence electrons. The van der Waals surface area contributed by atoms with Crippen molar-refractivity contribution < 1.29 is 6.85 Å². The highest BCUT2D eigenvalue weighted by molar-refractivity contribution is 6.25. The van der Waals surface area contributed by atoms with Crippen LogP contribution in [0.5, 0.6) is 0 Å². The highest BCUT2D eigenvalue weighted by Crippen LogP contribution is 2.37. The third-order valence-electron chi connectivity index (χ3n) is 8.81. The van der Waals surface area contributed by atoms with E-state index in [2.05, 4.69) is 72.8 Å². The molecule has 0 saturated heterocycles. The Morgan fingerprint density at radius 3 is 1.40 bits per heavy atom. The van der Waals surface area contributed by atoms with Gasteiger partial charge in [0.2, 0.25) is 0 Å². The van der Waals surface area contributed by atoms with Crippen LogP contribution in [-0.4, -0.2) is 15.0 Å². The van der Waals surface area contributed by atoms with Crippen LogP contribution in [0.2, 0.25) is 0 Å². The lowest BCUT2D eigenvalue weighted by atomic mass is 9.92. The van der Waals surface area contributed by atoms with E-state index in [4.69, 9.17) is 21.8 Å². The minimum absolute atomic E-state index is 0.00333. The van der Waals surface area contributed by atoms with E-state index < -0.39 is 18.1 Å². The minimum atomic E-state index is -0.474. The van der Waals surface area contributed by atoms with E-state index in [1.165, 1.54) is 26.9 Å². The zero-order valence-electron chi connectivity index (χ0n) is 30.7. The molecule has 1 heterocycles.